The molecule has 0 saturated carbocycles. The first-order chi connectivity index (χ1) is 9.88. The van der Waals surface area contributed by atoms with Crippen molar-refractivity contribution in [2.24, 2.45) is 0 Å². The van der Waals surface area contributed by atoms with Crippen LogP contribution in [0.2, 0.25) is 15.1 Å². The van der Waals surface area contributed by atoms with Crippen LogP contribution in [0.15, 0.2) is 36.4 Å². The highest BCUT2D eigenvalue weighted by atomic mass is 35.5. The van der Waals surface area contributed by atoms with E-state index in [2.05, 4.69) is 5.32 Å². The average molecular weight is 346 g/mol. The van der Waals surface area contributed by atoms with E-state index in [-0.39, 0.29) is 21.4 Å². The molecule has 0 unspecified atom stereocenters. The van der Waals surface area contributed by atoms with Crippen LogP contribution in [0.4, 0.5) is 11.4 Å². The first-order valence-electron chi connectivity index (χ1n) is 5.59. The van der Waals surface area contributed by atoms with Gasteiger partial charge in [0.05, 0.1) is 25.7 Å². The van der Waals surface area contributed by atoms with Crippen molar-refractivity contribution in [3.8, 4) is 0 Å². The highest BCUT2D eigenvalue weighted by molar-refractivity contribution is 6.42. The molecule has 0 radical (unpaired) electrons. The molecule has 0 heterocycles. The first-order valence-corrected chi connectivity index (χ1v) is 6.72. The third-order valence-electron chi connectivity index (χ3n) is 2.59. The van der Waals surface area contributed by atoms with E-state index in [0.717, 1.165) is 6.07 Å². The van der Waals surface area contributed by atoms with Crippen molar-refractivity contribution in [1.82, 2.24) is 0 Å². The first kappa shape index (κ1) is 15.6. The van der Waals surface area contributed by atoms with Crippen molar-refractivity contribution in [1.29, 1.82) is 0 Å². The molecule has 2 rings (SSSR count). The van der Waals surface area contributed by atoms with Crippen molar-refractivity contribution < 1.29 is 9.72 Å². The van der Waals surface area contributed by atoms with E-state index in [1.165, 1.54) is 30.3 Å². The lowest BCUT2D eigenvalue weighted by Gasteiger charge is -2.07. The van der Waals surface area contributed by atoms with E-state index in [1.807, 2.05) is 0 Å². The van der Waals surface area contributed by atoms with Gasteiger partial charge in [0, 0.05) is 17.7 Å². The minimum atomic E-state index is -0.573. The van der Waals surface area contributed by atoms with E-state index >= 15 is 0 Å². The summed E-state index contributed by atoms with van der Waals surface area (Å²) in [5, 5.41) is 13.8. The number of non-ortho nitro benzene ring substituents is 1. The van der Waals surface area contributed by atoms with E-state index < -0.39 is 10.8 Å². The maximum Gasteiger partial charge on any atom is 0.271 e. The van der Waals surface area contributed by atoms with E-state index in [1.54, 1.807) is 0 Å². The summed E-state index contributed by atoms with van der Waals surface area (Å²) < 4.78 is 0. The zero-order valence-electron chi connectivity index (χ0n) is 10.3. The summed E-state index contributed by atoms with van der Waals surface area (Å²) in [5.41, 5.74) is 0.393. The van der Waals surface area contributed by atoms with Crippen molar-refractivity contribution in [2.75, 3.05) is 5.32 Å². The number of benzene rings is 2. The molecule has 5 nitrogen and oxygen atoms in total. The third-order valence-corrected chi connectivity index (χ3v) is 3.65. The van der Waals surface area contributed by atoms with Gasteiger partial charge in [0.2, 0.25) is 0 Å². The second-order valence-corrected chi connectivity index (χ2v) is 5.23. The number of amides is 1. The third kappa shape index (κ3) is 3.64. The second kappa shape index (κ2) is 6.30. The summed E-state index contributed by atoms with van der Waals surface area (Å²) in [6.45, 7) is 0. The summed E-state index contributed by atoms with van der Waals surface area (Å²) in [4.78, 5) is 22.1. The van der Waals surface area contributed by atoms with Crippen LogP contribution < -0.4 is 5.32 Å². The van der Waals surface area contributed by atoms with Crippen LogP contribution in [0.1, 0.15) is 10.4 Å². The number of hydrogen-bond donors (Lipinski definition) is 1. The van der Waals surface area contributed by atoms with Crippen LogP contribution >= 0.6 is 34.8 Å². The van der Waals surface area contributed by atoms with Gasteiger partial charge in [0.15, 0.2) is 0 Å². The minimum absolute atomic E-state index is 0.0672. The number of rotatable bonds is 3. The van der Waals surface area contributed by atoms with Gasteiger partial charge < -0.3 is 5.32 Å². The molecule has 0 spiro atoms. The van der Waals surface area contributed by atoms with Crippen molar-refractivity contribution in [2.45, 2.75) is 0 Å². The standard InChI is InChI=1S/C13H7Cl3N2O3/c14-9-3-1-7(5-10(9)15)13(19)17-12-4-2-8(18(20)21)6-11(12)16/h1-6H,(H,17,19). The molecular weight excluding hydrogens is 339 g/mol. The molecule has 0 aliphatic heterocycles. The lowest BCUT2D eigenvalue weighted by molar-refractivity contribution is -0.384. The molecule has 0 atom stereocenters. The fourth-order valence-corrected chi connectivity index (χ4v) is 2.07. The van der Waals surface area contributed by atoms with Crippen LogP contribution in [-0.4, -0.2) is 10.8 Å². The molecular formula is C13H7Cl3N2O3. The largest absolute Gasteiger partial charge is 0.321 e. The van der Waals surface area contributed by atoms with Gasteiger partial charge in [-0.25, -0.2) is 0 Å². The highest BCUT2D eigenvalue weighted by Gasteiger charge is 2.13. The zero-order valence-corrected chi connectivity index (χ0v) is 12.5. The second-order valence-electron chi connectivity index (χ2n) is 4.00. The SMILES string of the molecule is O=C(Nc1ccc([N+](=O)[O-])cc1Cl)c1ccc(Cl)c(Cl)c1. The molecule has 0 aromatic heterocycles. The Kier molecular flexibility index (Phi) is 4.67. The molecule has 0 aliphatic carbocycles. The molecule has 21 heavy (non-hydrogen) atoms. The van der Waals surface area contributed by atoms with Gasteiger partial charge in [0.25, 0.3) is 11.6 Å². The Morgan fingerprint density at radius 2 is 1.71 bits per heavy atom. The van der Waals surface area contributed by atoms with Crippen LogP contribution in [0.25, 0.3) is 0 Å². The normalized spacial score (nSPS) is 10.2. The van der Waals surface area contributed by atoms with Gasteiger partial charge in [-0.3, -0.25) is 14.9 Å². The number of anilines is 1. The minimum Gasteiger partial charge on any atom is -0.321 e. The van der Waals surface area contributed by atoms with Gasteiger partial charge in [-0.2, -0.15) is 0 Å². The Hall–Kier alpha value is -1.82. The number of nitrogens with zero attached hydrogens (tertiary/aromatic N) is 1. The number of carbonyl (C=O) groups excluding carboxylic acids is 1. The van der Waals surface area contributed by atoms with E-state index in [9.17, 15) is 14.9 Å². The summed E-state index contributed by atoms with van der Waals surface area (Å²) in [6, 6.07) is 8.18. The molecule has 8 heteroatoms. The fourth-order valence-electron chi connectivity index (χ4n) is 1.55. The highest BCUT2D eigenvalue weighted by Crippen LogP contribution is 2.28. The molecule has 1 amide bonds. The van der Waals surface area contributed by atoms with Crippen molar-refractivity contribution >= 4 is 52.1 Å². The molecule has 2 aromatic carbocycles. The Balaban J connectivity index is 2.23. The fraction of sp³-hybridized carbons (Fsp3) is 0. The molecule has 2 aromatic rings. The average Bonchev–Trinajstić information content (AvgIpc) is 2.43. The number of nitro groups is 1. The molecule has 0 aliphatic rings. The quantitative estimate of drug-likeness (QED) is 0.641. The number of hydrogen-bond acceptors (Lipinski definition) is 3. The molecule has 0 fully saturated rings. The molecule has 0 saturated heterocycles. The van der Waals surface area contributed by atoms with Crippen LogP contribution in [0, 0.1) is 10.1 Å². The molecule has 0 bridgehead atoms. The lowest BCUT2D eigenvalue weighted by Crippen LogP contribution is -2.12. The van der Waals surface area contributed by atoms with Gasteiger partial charge in [-0.15, -0.1) is 0 Å². The number of halogens is 3. The molecule has 1 N–H and O–H groups in total. The van der Waals surface area contributed by atoms with E-state index in [0.29, 0.717) is 10.6 Å². The lowest BCUT2D eigenvalue weighted by atomic mass is 10.2. The van der Waals surface area contributed by atoms with Gasteiger partial charge in [-0.1, -0.05) is 34.8 Å². The van der Waals surface area contributed by atoms with Crippen LogP contribution in [-0.2, 0) is 0 Å². The topological polar surface area (TPSA) is 72.2 Å². The maximum absolute atomic E-state index is 12.0. The number of nitrogens with one attached hydrogen (secondary N) is 1. The van der Waals surface area contributed by atoms with Gasteiger partial charge in [-0.05, 0) is 24.3 Å². The van der Waals surface area contributed by atoms with Crippen LogP contribution in [0.5, 0.6) is 0 Å². The van der Waals surface area contributed by atoms with Gasteiger partial charge >= 0.3 is 0 Å². The summed E-state index contributed by atoms with van der Waals surface area (Å²) in [6.07, 6.45) is 0. The summed E-state index contributed by atoms with van der Waals surface area (Å²) >= 11 is 17.5. The predicted molar refractivity (Wildman–Crippen MR) is 82.5 cm³/mol. The number of carbonyl (C=O) groups is 1. The Labute approximate surface area is 134 Å². The Morgan fingerprint density at radius 1 is 1.00 bits per heavy atom. The monoisotopic (exact) mass is 344 g/mol. The maximum atomic E-state index is 12.0. The van der Waals surface area contributed by atoms with Crippen LogP contribution in [0.3, 0.4) is 0 Å². The van der Waals surface area contributed by atoms with Crippen molar-refractivity contribution in [3.05, 3.63) is 67.1 Å². The Bertz CT molecular complexity index is 735. The zero-order chi connectivity index (χ0) is 15.6. The summed E-state index contributed by atoms with van der Waals surface area (Å²) in [5.74, 6) is -0.454. The van der Waals surface area contributed by atoms with Gasteiger partial charge in [0.1, 0.15) is 0 Å². The molecule has 108 valence electrons. The smallest absolute Gasteiger partial charge is 0.271 e. The summed E-state index contributed by atoms with van der Waals surface area (Å²) in [7, 11) is 0. The number of nitro benzene ring substituents is 1. The Morgan fingerprint density at radius 3 is 2.29 bits per heavy atom. The predicted octanol–water partition coefficient (Wildman–Crippen LogP) is 4.81. The van der Waals surface area contributed by atoms with E-state index in [4.69, 9.17) is 34.8 Å². The van der Waals surface area contributed by atoms with Crippen molar-refractivity contribution in [3.63, 3.8) is 0 Å².